The molecular weight excluding hydrogens is 697 g/mol. The van der Waals surface area contributed by atoms with Gasteiger partial charge in [0, 0.05) is 23.6 Å². The summed E-state index contributed by atoms with van der Waals surface area (Å²) < 4.78 is 23.5. The number of ether oxygens (including phenoxy) is 2. The van der Waals surface area contributed by atoms with Gasteiger partial charge in [0.25, 0.3) is 5.91 Å². The molecule has 1 heterocycles. The van der Waals surface area contributed by atoms with Gasteiger partial charge in [-0.25, -0.2) is 0 Å². The average Bonchev–Trinajstić information content (AvgIpc) is 3.12. The second kappa shape index (κ2) is 16.7. The second-order valence-electron chi connectivity index (χ2n) is 12.4. The van der Waals surface area contributed by atoms with Gasteiger partial charge in [0.05, 0.1) is 46.2 Å². The molecule has 1 amide bonds. The van der Waals surface area contributed by atoms with Crippen LogP contribution in [0.15, 0.2) is 71.6 Å². The van der Waals surface area contributed by atoms with E-state index in [1.807, 2.05) is 30.3 Å². The van der Waals surface area contributed by atoms with Gasteiger partial charge in [-0.2, -0.15) is 5.26 Å². The van der Waals surface area contributed by atoms with E-state index >= 15 is 0 Å². The number of rotatable bonds is 13. The number of piperidine rings is 1. The molecule has 0 radical (unpaired) electrons. The zero-order valence-electron chi connectivity index (χ0n) is 28.2. The molecule has 2 atom stereocenters. The number of carbonyl (C=O) groups excluding carboxylic acids is 1. The van der Waals surface area contributed by atoms with Crippen LogP contribution >= 0.6 is 23.2 Å². The maximum absolute atomic E-state index is 14.4. The molecule has 1 aliphatic heterocycles. The van der Waals surface area contributed by atoms with Gasteiger partial charge in [0.15, 0.2) is 0 Å². The van der Waals surface area contributed by atoms with Crippen molar-refractivity contribution >= 4 is 56.7 Å². The number of methoxy groups -OCH3 is 2. The lowest BCUT2D eigenvalue weighted by molar-refractivity contribution is -0.137. The van der Waals surface area contributed by atoms with Gasteiger partial charge in [-0.05, 0) is 97.0 Å². The average molecular weight is 737 g/mol. The molecule has 0 spiro atoms. The molecule has 1 fully saturated rings. The van der Waals surface area contributed by atoms with Crippen molar-refractivity contribution < 1.29 is 28.4 Å². The lowest BCUT2D eigenvalue weighted by Gasteiger charge is -2.34. The van der Waals surface area contributed by atoms with Crippen molar-refractivity contribution in [2.45, 2.75) is 36.0 Å². The Hall–Kier alpha value is -4.14. The molecule has 1 saturated heterocycles. The molecule has 0 saturated carbocycles. The van der Waals surface area contributed by atoms with Crippen LogP contribution in [0, 0.1) is 11.3 Å². The molecule has 0 aliphatic carbocycles. The topological polar surface area (TPSA) is 120 Å². The number of nitriles is 1. The summed E-state index contributed by atoms with van der Waals surface area (Å²) in [5.74, 6) is -0.958. The van der Waals surface area contributed by atoms with Gasteiger partial charge in [-0.1, -0.05) is 59.6 Å². The largest absolute Gasteiger partial charge is 0.497 e. The molecule has 1 N–H and O–H groups in total. The number of aliphatic carboxylic acids is 1. The summed E-state index contributed by atoms with van der Waals surface area (Å²) >= 11 is 12.7. The van der Waals surface area contributed by atoms with Crippen LogP contribution in [0.3, 0.4) is 0 Å². The monoisotopic (exact) mass is 735 g/mol. The van der Waals surface area contributed by atoms with Gasteiger partial charge in [-0.15, -0.1) is 0 Å². The van der Waals surface area contributed by atoms with E-state index in [4.69, 9.17) is 32.7 Å². The fraction of sp³-hybridized carbons (Fsp3) is 0.342. The maximum atomic E-state index is 14.4. The number of carboxylic acid groups (broad SMARTS) is 1. The fourth-order valence-electron chi connectivity index (χ4n) is 6.81. The molecule has 0 bridgehead atoms. The van der Waals surface area contributed by atoms with E-state index in [1.54, 1.807) is 49.8 Å². The number of hydrogen-bond donors (Lipinski definition) is 1. The third-order valence-electron chi connectivity index (χ3n) is 9.36. The predicted octanol–water partition coefficient (Wildman–Crippen LogP) is 7.35. The summed E-state index contributed by atoms with van der Waals surface area (Å²) in [7, 11) is 1.84. The third-order valence-corrected chi connectivity index (χ3v) is 11.1. The Balaban J connectivity index is 1.41. The van der Waals surface area contributed by atoms with Crippen molar-refractivity contribution in [3.05, 3.63) is 99.0 Å². The van der Waals surface area contributed by atoms with Crippen molar-refractivity contribution in [3.8, 4) is 17.6 Å². The third kappa shape index (κ3) is 8.41. The molecule has 9 nitrogen and oxygen atoms in total. The van der Waals surface area contributed by atoms with Crippen LogP contribution in [0.5, 0.6) is 11.5 Å². The predicted molar refractivity (Wildman–Crippen MR) is 196 cm³/mol. The van der Waals surface area contributed by atoms with E-state index in [2.05, 4.69) is 11.0 Å². The highest BCUT2D eigenvalue weighted by atomic mass is 35.5. The summed E-state index contributed by atoms with van der Waals surface area (Å²) in [6.45, 7) is 1.85. The summed E-state index contributed by atoms with van der Waals surface area (Å²) in [5, 5.41) is 21.8. The number of carboxylic acids is 1. The summed E-state index contributed by atoms with van der Waals surface area (Å²) in [6, 6.07) is 22.1. The van der Waals surface area contributed by atoms with Crippen molar-refractivity contribution in [1.82, 2.24) is 9.80 Å². The van der Waals surface area contributed by atoms with Crippen LogP contribution in [0.4, 0.5) is 0 Å². The first-order chi connectivity index (χ1) is 24.0. The minimum atomic E-state index is -1.17. The van der Waals surface area contributed by atoms with Crippen LogP contribution in [-0.2, 0) is 15.6 Å². The van der Waals surface area contributed by atoms with Crippen LogP contribution in [0.1, 0.15) is 58.1 Å². The quantitative estimate of drug-likeness (QED) is 0.151. The summed E-state index contributed by atoms with van der Waals surface area (Å²) in [6.07, 6.45) is 4.07. The Morgan fingerprint density at radius 3 is 2.42 bits per heavy atom. The fourth-order valence-corrected chi connectivity index (χ4v) is 7.96. The van der Waals surface area contributed by atoms with E-state index in [-0.39, 0.29) is 35.3 Å². The van der Waals surface area contributed by atoms with E-state index in [0.717, 1.165) is 42.0 Å². The number of amides is 1. The molecule has 12 heteroatoms. The molecule has 5 rings (SSSR count). The molecule has 0 aromatic heterocycles. The van der Waals surface area contributed by atoms with Crippen LogP contribution < -0.4 is 9.47 Å². The zero-order chi connectivity index (χ0) is 35.9. The Morgan fingerprint density at radius 1 is 1.04 bits per heavy atom. The van der Waals surface area contributed by atoms with Crippen LogP contribution in [0.25, 0.3) is 10.8 Å². The SMILES string of the molecule is COc1ccc(C2CCN(CC[C@H](CN(CC(=O)O)C(=O)c3c(OC)c(C#N)cc4ccccc34)c3ccc(Cl)c(Cl)c3)CC2)c([S@](C)=O)c1. The maximum Gasteiger partial charge on any atom is 0.323 e. The molecule has 0 unspecified atom stereocenters. The van der Waals surface area contributed by atoms with Crippen molar-refractivity contribution in [2.75, 3.05) is 53.2 Å². The number of fused-ring (bicyclic) bond motifs is 1. The number of nitrogens with zero attached hydrogens (tertiary/aromatic N) is 3. The molecular formula is C38H39Cl2N3O6S. The molecule has 4 aromatic carbocycles. The minimum Gasteiger partial charge on any atom is -0.497 e. The standard InChI is InChI=1S/C38H39Cl2N3O6S/c1-48-29-9-10-30(34(20-29)50(3)47)24-12-15-42(16-13-24)17-14-27(25-8-11-32(39)33(40)19-25)22-43(23-35(44)45)38(46)36-31-7-5-4-6-26(31)18-28(21-41)37(36)49-2/h4-11,18-20,24,27H,12-17,22-23H2,1-3H3,(H,44,45)/t27-,50+/m1/s1. The van der Waals surface area contributed by atoms with Crippen LogP contribution in [0.2, 0.25) is 10.0 Å². The highest BCUT2D eigenvalue weighted by molar-refractivity contribution is 7.84. The van der Waals surface area contributed by atoms with E-state index in [0.29, 0.717) is 39.5 Å². The number of hydrogen-bond acceptors (Lipinski definition) is 7. The second-order valence-corrected chi connectivity index (χ2v) is 14.5. The normalized spacial score (nSPS) is 14.9. The van der Waals surface area contributed by atoms with E-state index < -0.39 is 29.2 Å². The first-order valence-corrected chi connectivity index (χ1v) is 18.6. The number of likely N-dealkylation sites (tertiary alicyclic amines) is 1. The summed E-state index contributed by atoms with van der Waals surface area (Å²) in [5.41, 5.74) is 2.24. The van der Waals surface area contributed by atoms with Crippen molar-refractivity contribution in [2.24, 2.45) is 0 Å². The van der Waals surface area contributed by atoms with E-state index in [9.17, 15) is 24.2 Å². The van der Waals surface area contributed by atoms with Gasteiger partial charge in [-0.3, -0.25) is 13.8 Å². The first-order valence-electron chi connectivity index (χ1n) is 16.2. The van der Waals surface area contributed by atoms with Gasteiger partial charge in [0.2, 0.25) is 0 Å². The molecule has 262 valence electrons. The number of benzene rings is 4. The van der Waals surface area contributed by atoms with Gasteiger partial charge in [0.1, 0.15) is 24.1 Å². The first kappa shape index (κ1) is 37.1. The number of halogens is 2. The summed E-state index contributed by atoms with van der Waals surface area (Å²) in [4.78, 5) is 31.1. The highest BCUT2D eigenvalue weighted by Gasteiger charge is 2.30. The van der Waals surface area contributed by atoms with Crippen LogP contribution in [-0.4, -0.2) is 84.2 Å². The molecule has 50 heavy (non-hydrogen) atoms. The Kier molecular flexibility index (Phi) is 12.4. The van der Waals surface area contributed by atoms with Gasteiger partial charge < -0.3 is 24.4 Å². The van der Waals surface area contributed by atoms with E-state index in [1.165, 1.54) is 12.0 Å². The lowest BCUT2D eigenvalue weighted by Crippen LogP contribution is -2.40. The van der Waals surface area contributed by atoms with Gasteiger partial charge >= 0.3 is 5.97 Å². The Morgan fingerprint density at radius 2 is 1.78 bits per heavy atom. The Bertz CT molecular complexity index is 1960. The lowest BCUT2D eigenvalue weighted by atomic mass is 9.88. The minimum absolute atomic E-state index is 0.0747. The Labute approximate surface area is 304 Å². The number of carbonyl (C=O) groups is 2. The van der Waals surface area contributed by atoms with Crippen molar-refractivity contribution in [1.29, 1.82) is 5.26 Å². The molecule has 4 aromatic rings. The van der Waals surface area contributed by atoms with Crippen molar-refractivity contribution in [3.63, 3.8) is 0 Å². The molecule has 1 aliphatic rings. The zero-order valence-corrected chi connectivity index (χ0v) is 30.5. The smallest absolute Gasteiger partial charge is 0.323 e. The highest BCUT2D eigenvalue weighted by Crippen LogP contribution is 2.36.